The van der Waals surface area contributed by atoms with Crippen molar-refractivity contribution in [3.05, 3.63) is 47.5 Å². The molecule has 26 heavy (non-hydrogen) atoms. The second-order valence-electron chi connectivity index (χ2n) is 8.32. The Kier molecular flexibility index (Phi) is 7.61. The Morgan fingerprint density at radius 1 is 1.15 bits per heavy atom. The van der Waals surface area contributed by atoms with Crippen LogP contribution in [0, 0.1) is 5.92 Å². The quantitative estimate of drug-likeness (QED) is 0.324. The van der Waals surface area contributed by atoms with Gasteiger partial charge in [-0.2, -0.15) is 0 Å². The molecule has 1 fully saturated rings. The largest absolute Gasteiger partial charge is 0.481 e. The van der Waals surface area contributed by atoms with Crippen LogP contribution >= 0.6 is 23.2 Å². The van der Waals surface area contributed by atoms with E-state index in [2.05, 4.69) is 57.2 Å². The fourth-order valence-corrected chi connectivity index (χ4v) is 4.79. The minimum atomic E-state index is -0.737. The number of hydrogen-bond donors (Lipinski definition) is 1. The van der Waals surface area contributed by atoms with E-state index in [4.69, 9.17) is 28.3 Å². The lowest BCUT2D eigenvalue weighted by molar-refractivity contribution is -0.137. The number of aliphatic carboxylic acids is 1. The molecule has 0 heterocycles. The Labute approximate surface area is 167 Å². The van der Waals surface area contributed by atoms with Crippen molar-refractivity contribution in [1.29, 1.82) is 0 Å². The highest BCUT2D eigenvalue weighted by atomic mass is 35.5. The van der Waals surface area contributed by atoms with Gasteiger partial charge in [0.25, 0.3) is 0 Å². The summed E-state index contributed by atoms with van der Waals surface area (Å²) in [6, 6.07) is 8.83. The maximum absolute atomic E-state index is 10.5. The summed E-state index contributed by atoms with van der Waals surface area (Å²) in [5.41, 5.74) is 2.73. The average Bonchev–Trinajstić information content (AvgIpc) is 2.83. The molecule has 2 nitrogen and oxygen atoms in total. The molecule has 144 valence electrons. The van der Waals surface area contributed by atoms with Crippen molar-refractivity contribution < 1.29 is 9.90 Å². The van der Waals surface area contributed by atoms with Crippen molar-refractivity contribution in [3.8, 4) is 0 Å². The number of rotatable bonds is 7. The molecular formula is C22H30Cl2O2. The standard InChI is InChI=1S/C22H30Cl2O2/c1-22(2,3)16-12-10-15(11-13-16)21-17(18(23)14-19(21)24)8-6-4-5-7-9-20(25)26/h4,6,10-13,17-19,21H,5,7-9,14H2,1-3H3,(H,25,26)/b6-4-. The van der Waals surface area contributed by atoms with Crippen molar-refractivity contribution in [2.45, 2.75) is 75.0 Å². The molecule has 4 heteroatoms. The van der Waals surface area contributed by atoms with E-state index in [1.54, 1.807) is 0 Å². The fourth-order valence-electron chi connectivity index (χ4n) is 3.73. The SMILES string of the molecule is CC(C)(C)c1ccc(C2C(Cl)CC(Cl)C2C/C=C\CCCC(=O)O)cc1. The number of hydrogen-bond acceptors (Lipinski definition) is 1. The van der Waals surface area contributed by atoms with Gasteiger partial charge in [-0.05, 0) is 48.1 Å². The van der Waals surface area contributed by atoms with Crippen LogP contribution in [-0.4, -0.2) is 21.8 Å². The van der Waals surface area contributed by atoms with Crippen LogP contribution in [0.3, 0.4) is 0 Å². The van der Waals surface area contributed by atoms with Gasteiger partial charge < -0.3 is 5.11 Å². The van der Waals surface area contributed by atoms with Gasteiger partial charge in [0.05, 0.1) is 0 Å². The zero-order valence-electron chi connectivity index (χ0n) is 15.9. The fraction of sp³-hybridized carbons (Fsp3) is 0.591. The van der Waals surface area contributed by atoms with Crippen molar-refractivity contribution in [2.75, 3.05) is 0 Å². The zero-order chi connectivity index (χ0) is 19.3. The van der Waals surface area contributed by atoms with Gasteiger partial charge in [0.1, 0.15) is 0 Å². The average molecular weight is 397 g/mol. The van der Waals surface area contributed by atoms with Gasteiger partial charge in [-0.1, -0.05) is 57.2 Å². The highest BCUT2D eigenvalue weighted by molar-refractivity contribution is 6.25. The molecule has 0 amide bonds. The number of carboxylic acids is 1. The normalized spacial score (nSPS) is 26.5. The maximum atomic E-state index is 10.5. The lowest BCUT2D eigenvalue weighted by atomic mass is 9.82. The molecule has 1 aromatic carbocycles. The van der Waals surface area contributed by atoms with Crippen LogP contribution < -0.4 is 0 Å². The molecule has 0 aliphatic heterocycles. The van der Waals surface area contributed by atoms with Crippen LogP contribution in [0.25, 0.3) is 0 Å². The maximum Gasteiger partial charge on any atom is 0.303 e. The summed E-state index contributed by atoms with van der Waals surface area (Å²) < 4.78 is 0. The van der Waals surface area contributed by atoms with Crippen LogP contribution in [0.2, 0.25) is 0 Å². The second-order valence-corrected chi connectivity index (χ2v) is 9.44. The minimum Gasteiger partial charge on any atom is -0.481 e. The number of allylic oxidation sites excluding steroid dienone is 2. The lowest BCUT2D eigenvalue weighted by Crippen LogP contribution is -2.17. The minimum absolute atomic E-state index is 0.0587. The van der Waals surface area contributed by atoms with Crippen LogP contribution in [0.1, 0.15) is 69.9 Å². The third kappa shape index (κ3) is 5.76. The van der Waals surface area contributed by atoms with Gasteiger partial charge in [-0.15, -0.1) is 23.2 Å². The molecule has 1 aliphatic rings. The van der Waals surface area contributed by atoms with E-state index in [0.717, 1.165) is 19.3 Å². The number of halogens is 2. The molecule has 0 radical (unpaired) electrons. The van der Waals surface area contributed by atoms with Gasteiger partial charge in [-0.25, -0.2) is 0 Å². The summed E-state index contributed by atoms with van der Waals surface area (Å²) in [5.74, 6) is -0.161. The highest BCUT2D eigenvalue weighted by Crippen LogP contribution is 2.47. The third-order valence-corrected chi connectivity index (χ3v) is 6.22. The van der Waals surface area contributed by atoms with Gasteiger partial charge >= 0.3 is 5.97 Å². The van der Waals surface area contributed by atoms with E-state index in [1.165, 1.54) is 11.1 Å². The van der Waals surface area contributed by atoms with Crippen molar-refractivity contribution >= 4 is 29.2 Å². The van der Waals surface area contributed by atoms with Crippen molar-refractivity contribution in [3.63, 3.8) is 0 Å². The van der Waals surface area contributed by atoms with E-state index in [0.29, 0.717) is 12.3 Å². The number of carbonyl (C=O) groups is 1. The molecule has 0 saturated heterocycles. The number of benzene rings is 1. The number of unbranched alkanes of at least 4 members (excludes halogenated alkanes) is 1. The van der Waals surface area contributed by atoms with Crippen molar-refractivity contribution in [1.82, 2.24) is 0 Å². The van der Waals surface area contributed by atoms with Crippen molar-refractivity contribution in [2.24, 2.45) is 5.92 Å². The predicted octanol–water partition coefficient (Wildman–Crippen LogP) is 6.50. The first kappa shape index (κ1) is 21.3. The topological polar surface area (TPSA) is 37.3 Å². The second kappa shape index (κ2) is 9.28. The molecule has 4 atom stereocenters. The first-order valence-corrected chi connectivity index (χ1v) is 10.3. The molecule has 2 rings (SSSR count). The van der Waals surface area contributed by atoms with Gasteiger partial charge in [0.2, 0.25) is 0 Å². The van der Waals surface area contributed by atoms with Crippen LogP contribution in [0.15, 0.2) is 36.4 Å². The first-order chi connectivity index (χ1) is 12.2. The number of alkyl halides is 2. The molecule has 0 spiro atoms. The summed E-state index contributed by atoms with van der Waals surface area (Å²) in [6.45, 7) is 6.65. The monoisotopic (exact) mass is 396 g/mol. The van der Waals surface area contributed by atoms with E-state index in [-0.39, 0.29) is 28.5 Å². The molecule has 1 N–H and O–H groups in total. The van der Waals surface area contributed by atoms with Gasteiger partial charge in [0.15, 0.2) is 0 Å². The Balaban J connectivity index is 2.03. The number of carboxylic acid groups (broad SMARTS) is 1. The summed E-state index contributed by atoms with van der Waals surface area (Å²) in [5, 5.41) is 8.82. The van der Waals surface area contributed by atoms with Crippen LogP contribution in [-0.2, 0) is 10.2 Å². The molecule has 1 aromatic rings. The predicted molar refractivity (Wildman–Crippen MR) is 111 cm³/mol. The Morgan fingerprint density at radius 2 is 1.81 bits per heavy atom. The Hall–Kier alpha value is -0.990. The first-order valence-electron chi connectivity index (χ1n) is 9.45. The highest BCUT2D eigenvalue weighted by Gasteiger charge is 2.41. The molecule has 0 bridgehead atoms. The Morgan fingerprint density at radius 3 is 2.38 bits per heavy atom. The molecule has 1 saturated carbocycles. The summed E-state index contributed by atoms with van der Waals surface area (Å²) in [7, 11) is 0. The van der Waals surface area contributed by atoms with E-state index in [1.807, 2.05) is 0 Å². The summed E-state index contributed by atoms with van der Waals surface area (Å²) in [6.07, 6.45) is 7.62. The van der Waals surface area contributed by atoms with Gasteiger partial charge in [0, 0.05) is 23.1 Å². The zero-order valence-corrected chi connectivity index (χ0v) is 17.4. The van der Waals surface area contributed by atoms with Crippen LogP contribution in [0.4, 0.5) is 0 Å². The van der Waals surface area contributed by atoms with E-state index < -0.39 is 5.97 Å². The molecule has 1 aliphatic carbocycles. The van der Waals surface area contributed by atoms with E-state index in [9.17, 15) is 4.79 Å². The lowest BCUT2D eigenvalue weighted by Gasteiger charge is -2.24. The van der Waals surface area contributed by atoms with E-state index >= 15 is 0 Å². The van der Waals surface area contributed by atoms with Crippen LogP contribution in [0.5, 0.6) is 0 Å². The third-order valence-electron chi connectivity index (χ3n) is 5.26. The summed E-state index contributed by atoms with van der Waals surface area (Å²) >= 11 is 13.3. The molecular weight excluding hydrogens is 367 g/mol. The summed E-state index contributed by atoms with van der Waals surface area (Å²) in [4.78, 5) is 10.5. The Bertz CT molecular complexity index is 616. The molecule has 0 aromatic heterocycles. The van der Waals surface area contributed by atoms with Gasteiger partial charge in [-0.3, -0.25) is 4.79 Å². The smallest absolute Gasteiger partial charge is 0.303 e. The molecule has 4 unspecified atom stereocenters.